The summed E-state index contributed by atoms with van der Waals surface area (Å²) < 4.78 is 5.61. The van der Waals surface area contributed by atoms with Crippen LogP contribution in [0.15, 0.2) is 71.3 Å². The van der Waals surface area contributed by atoms with Gasteiger partial charge < -0.3 is 4.42 Å². The first kappa shape index (κ1) is 23.9. The number of hydrogen-bond donors (Lipinski definition) is 0. The van der Waals surface area contributed by atoms with E-state index in [1.54, 1.807) is 6.26 Å². The standard InChI is InChI=1S/C34H40O/c1-2-3-4-5-6-7-8-9-10-11-12-13-14-26-15-16-27-25-33-28(24-29(27)23-26)17-18-30-31(33)19-20-34-32(30)21-22-35-34/h15-25H,2-14H2,1H3. The maximum Gasteiger partial charge on any atom is 0.134 e. The Labute approximate surface area is 210 Å². The van der Waals surface area contributed by atoms with Crippen LogP contribution in [0.1, 0.15) is 89.5 Å². The Morgan fingerprint density at radius 3 is 1.91 bits per heavy atom. The highest BCUT2D eigenvalue weighted by atomic mass is 16.3. The zero-order valence-electron chi connectivity index (χ0n) is 21.5. The second kappa shape index (κ2) is 11.8. The number of unbranched alkanes of at least 4 members (excludes halogenated alkanes) is 11. The number of aryl methyl sites for hydroxylation is 1. The highest BCUT2D eigenvalue weighted by molar-refractivity contribution is 6.18. The molecule has 0 aliphatic carbocycles. The molecule has 0 saturated heterocycles. The molecule has 0 unspecified atom stereocenters. The molecule has 1 heteroatoms. The van der Waals surface area contributed by atoms with E-state index in [1.165, 1.54) is 127 Å². The molecule has 1 heterocycles. The van der Waals surface area contributed by atoms with Crippen LogP contribution in [0, 0.1) is 0 Å². The van der Waals surface area contributed by atoms with E-state index in [4.69, 9.17) is 4.42 Å². The van der Waals surface area contributed by atoms with Gasteiger partial charge in [0, 0.05) is 5.39 Å². The summed E-state index contributed by atoms with van der Waals surface area (Å²) in [6.45, 7) is 2.29. The molecule has 0 amide bonds. The lowest BCUT2D eigenvalue weighted by Gasteiger charge is -2.09. The molecule has 0 atom stereocenters. The van der Waals surface area contributed by atoms with E-state index in [2.05, 4.69) is 67.6 Å². The van der Waals surface area contributed by atoms with Gasteiger partial charge in [0.05, 0.1) is 6.26 Å². The zero-order chi connectivity index (χ0) is 23.9. The van der Waals surface area contributed by atoms with Gasteiger partial charge in [0.2, 0.25) is 0 Å². The highest BCUT2D eigenvalue weighted by Gasteiger charge is 2.08. The molecule has 1 nitrogen and oxygen atoms in total. The molecular formula is C34H40O. The normalized spacial score (nSPS) is 11.9. The molecule has 0 spiro atoms. The van der Waals surface area contributed by atoms with E-state index in [-0.39, 0.29) is 0 Å². The van der Waals surface area contributed by atoms with Crippen LogP contribution in [0.25, 0.3) is 43.3 Å². The molecule has 0 N–H and O–H groups in total. The number of rotatable bonds is 13. The fourth-order valence-corrected chi connectivity index (χ4v) is 5.72. The van der Waals surface area contributed by atoms with Crippen LogP contribution >= 0.6 is 0 Å². The molecule has 5 aromatic rings. The van der Waals surface area contributed by atoms with E-state index in [9.17, 15) is 0 Å². The van der Waals surface area contributed by atoms with Crippen molar-refractivity contribution in [2.45, 2.75) is 90.4 Å². The lowest BCUT2D eigenvalue weighted by atomic mass is 9.95. The van der Waals surface area contributed by atoms with E-state index in [0.717, 1.165) is 5.58 Å². The Morgan fingerprint density at radius 2 is 1.14 bits per heavy atom. The number of hydrogen-bond acceptors (Lipinski definition) is 1. The average Bonchev–Trinajstić information content (AvgIpc) is 3.37. The Hall–Kier alpha value is -2.80. The lowest BCUT2D eigenvalue weighted by molar-refractivity contribution is 0.544. The molecule has 0 aliphatic rings. The van der Waals surface area contributed by atoms with Crippen molar-refractivity contribution in [3.8, 4) is 0 Å². The minimum atomic E-state index is 0.958. The van der Waals surface area contributed by atoms with Gasteiger partial charge in [-0.1, -0.05) is 114 Å². The Kier molecular flexibility index (Phi) is 8.03. The number of fused-ring (bicyclic) bond motifs is 6. The van der Waals surface area contributed by atoms with Crippen molar-refractivity contribution >= 4 is 43.3 Å². The number of benzene rings is 4. The lowest BCUT2D eigenvalue weighted by Crippen LogP contribution is -1.88. The zero-order valence-corrected chi connectivity index (χ0v) is 21.5. The Balaban J connectivity index is 1.14. The Morgan fingerprint density at radius 1 is 0.486 bits per heavy atom. The van der Waals surface area contributed by atoms with Crippen molar-refractivity contribution < 1.29 is 4.42 Å². The summed E-state index contributed by atoms with van der Waals surface area (Å²) in [4.78, 5) is 0. The minimum Gasteiger partial charge on any atom is -0.464 e. The summed E-state index contributed by atoms with van der Waals surface area (Å²) in [7, 11) is 0. The van der Waals surface area contributed by atoms with Crippen LogP contribution < -0.4 is 0 Å². The van der Waals surface area contributed by atoms with Crippen LogP contribution in [-0.2, 0) is 6.42 Å². The second-order valence-corrected chi connectivity index (χ2v) is 10.5. The highest BCUT2D eigenvalue weighted by Crippen LogP contribution is 2.34. The monoisotopic (exact) mass is 464 g/mol. The van der Waals surface area contributed by atoms with E-state index in [1.807, 2.05) is 0 Å². The quantitative estimate of drug-likeness (QED) is 0.0959. The van der Waals surface area contributed by atoms with Gasteiger partial charge in [0.15, 0.2) is 0 Å². The molecular weight excluding hydrogens is 424 g/mol. The first-order valence-corrected chi connectivity index (χ1v) is 14.1. The summed E-state index contributed by atoms with van der Waals surface area (Å²) in [5.74, 6) is 0. The van der Waals surface area contributed by atoms with Gasteiger partial charge in [-0.05, 0) is 75.0 Å². The first-order valence-electron chi connectivity index (χ1n) is 14.1. The van der Waals surface area contributed by atoms with Gasteiger partial charge in [-0.15, -0.1) is 0 Å². The second-order valence-electron chi connectivity index (χ2n) is 10.5. The largest absolute Gasteiger partial charge is 0.464 e. The summed E-state index contributed by atoms with van der Waals surface area (Å²) in [6, 6.07) is 22.7. The van der Waals surface area contributed by atoms with Crippen molar-refractivity contribution in [3.05, 3.63) is 72.5 Å². The van der Waals surface area contributed by atoms with Crippen LogP contribution in [0.4, 0.5) is 0 Å². The molecule has 0 aliphatic heterocycles. The average molecular weight is 465 g/mol. The maximum absolute atomic E-state index is 5.61. The summed E-state index contributed by atoms with van der Waals surface area (Å²) in [5.41, 5.74) is 2.44. The molecule has 4 aromatic carbocycles. The fourth-order valence-electron chi connectivity index (χ4n) is 5.72. The SMILES string of the molecule is CCCCCCCCCCCCCCc1ccc2cc3c(ccc4c5ccoc5ccc34)cc2c1. The predicted molar refractivity (Wildman–Crippen MR) is 154 cm³/mol. The molecule has 182 valence electrons. The molecule has 0 fully saturated rings. The summed E-state index contributed by atoms with van der Waals surface area (Å²) in [5, 5.41) is 9.10. The van der Waals surface area contributed by atoms with Crippen LogP contribution in [-0.4, -0.2) is 0 Å². The molecule has 1 aromatic heterocycles. The van der Waals surface area contributed by atoms with Gasteiger partial charge in [-0.2, -0.15) is 0 Å². The smallest absolute Gasteiger partial charge is 0.134 e. The van der Waals surface area contributed by atoms with Crippen molar-refractivity contribution in [3.63, 3.8) is 0 Å². The van der Waals surface area contributed by atoms with E-state index >= 15 is 0 Å². The van der Waals surface area contributed by atoms with Crippen molar-refractivity contribution in [1.29, 1.82) is 0 Å². The minimum absolute atomic E-state index is 0.958. The van der Waals surface area contributed by atoms with Gasteiger partial charge in [0.1, 0.15) is 5.58 Å². The third-order valence-corrected chi connectivity index (χ3v) is 7.79. The van der Waals surface area contributed by atoms with Crippen LogP contribution in [0.2, 0.25) is 0 Å². The fraction of sp³-hybridized carbons (Fsp3) is 0.412. The predicted octanol–water partition coefficient (Wildman–Crippen LogP) is 11.1. The van der Waals surface area contributed by atoms with E-state index in [0.29, 0.717) is 0 Å². The van der Waals surface area contributed by atoms with Crippen LogP contribution in [0.5, 0.6) is 0 Å². The van der Waals surface area contributed by atoms with Gasteiger partial charge in [0.25, 0.3) is 0 Å². The topological polar surface area (TPSA) is 13.1 Å². The van der Waals surface area contributed by atoms with Crippen molar-refractivity contribution in [2.75, 3.05) is 0 Å². The maximum atomic E-state index is 5.61. The van der Waals surface area contributed by atoms with E-state index < -0.39 is 0 Å². The third-order valence-electron chi connectivity index (χ3n) is 7.79. The van der Waals surface area contributed by atoms with Gasteiger partial charge in [-0.3, -0.25) is 0 Å². The van der Waals surface area contributed by atoms with Crippen molar-refractivity contribution in [2.24, 2.45) is 0 Å². The van der Waals surface area contributed by atoms with Gasteiger partial charge >= 0.3 is 0 Å². The number of furan rings is 1. The third kappa shape index (κ3) is 5.72. The van der Waals surface area contributed by atoms with Gasteiger partial charge in [-0.25, -0.2) is 0 Å². The Bertz CT molecular complexity index is 1390. The molecule has 0 radical (unpaired) electrons. The first-order chi connectivity index (χ1) is 17.3. The molecule has 0 bridgehead atoms. The molecule has 5 rings (SSSR count). The molecule has 35 heavy (non-hydrogen) atoms. The summed E-state index contributed by atoms with van der Waals surface area (Å²) in [6.07, 6.45) is 19.9. The van der Waals surface area contributed by atoms with Crippen molar-refractivity contribution in [1.82, 2.24) is 0 Å². The van der Waals surface area contributed by atoms with Crippen LogP contribution in [0.3, 0.4) is 0 Å². The summed E-state index contributed by atoms with van der Waals surface area (Å²) >= 11 is 0. The molecule has 0 saturated carbocycles.